The van der Waals surface area contributed by atoms with E-state index in [0.717, 1.165) is 22.2 Å². The highest BCUT2D eigenvalue weighted by Crippen LogP contribution is 2.33. The Morgan fingerprint density at radius 2 is 2.05 bits per heavy atom. The van der Waals surface area contributed by atoms with E-state index in [9.17, 15) is 4.79 Å². The number of Topliss-reactive ketones (excluding diaryl/α,β-unsaturated/α-hetero) is 1. The molecule has 1 heterocycles. The van der Waals surface area contributed by atoms with E-state index in [4.69, 9.17) is 4.74 Å². The first-order valence-corrected chi connectivity index (χ1v) is 7.86. The molecule has 0 amide bonds. The van der Waals surface area contributed by atoms with E-state index < -0.39 is 0 Å². The van der Waals surface area contributed by atoms with E-state index >= 15 is 0 Å². The number of benzene rings is 1. The molecule has 1 aliphatic rings. The van der Waals surface area contributed by atoms with Gasteiger partial charge in [-0.1, -0.05) is 38.2 Å². The number of aryl methyl sites for hydroxylation is 1. The Kier molecular flexibility index (Phi) is 4.00. The molecule has 21 heavy (non-hydrogen) atoms. The summed E-state index contributed by atoms with van der Waals surface area (Å²) < 4.78 is 7.48. The van der Waals surface area contributed by atoms with E-state index in [1.165, 1.54) is 32.1 Å². The average Bonchev–Trinajstić information content (AvgIpc) is 2.86. The van der Waals surface area contributed by atoms with Crippen LogP contribution in [0.4, 0.5) is 0 Å². The molecule has 0 unspecified atom stereocenters. The van der Waals surface area contributed by atoms with Crippen molar-refractivity contribution in [2.75, 3.05) is 7.11 Å². The highest BCUT2D eigenvalue weighted by molar-refractivity contribution is 6.10. The van der Waals surface area contributed by atoms with Gasteiger partial charge in [0.15, 0.2) is 5.78 Å². The van der Waals surface area contributed by atoms with Gasteiger partial charge in [0.05, 0.1) is 18.0 Å². The minimum absolute atomic E-state index is 0.261. The standard InChI is InChI=1S/C18H23NO2/c1-19-12-14(16(20)11-13-7-4-3-5-8-13)18-15(19)9-6-10-17(18)21-2/h6,9-10,12-13H,3-5,7-8,11H2,1-2H3. The monoisotopic (exact) mass is 285 g/mol. The van der Waals surface area contributed by atoms with Crippen molar-refractivity contribution in [1.82, 2.24) is 4.57 Å². The topological polar surface area (TPSA) is 31.2 Å². The molecule has 1 aromatic carbocycles. The van der Waals surface area contributed by atoms with Crippen molar-refractivity contribution < 1.29 is 9.53 Å². The third-order valence-electron chi connectivity index (χ3n) is 4.70. The number of hydrogen-bond acceptors (Lipinski definition) is 2. The van der Waals surface area contributed by atoms with Gasteiger partial charge in [-0.05, 0) is 18.1 Å². The highest BCUT2D eigenvalue weighted by atomic mass is 16.5. The fourth-order valence-corrected chi connectivity index (χ4v) is 3.56. The van der Waals surface area contributed by atoms with Gasteiger partial charge < -0.3 is 9.30 Å². The first kappa shape index (κ1) is 14.2. The molecular weight excluding hydrogens is 262 g/mol. The minimum atomic E-state index is 0.261. The number of rotatable bonds is 4. The van der Waals surface area contributed by atoms with Crippen LogP contribution in [0, 0.1) is 5.92 Å². The van der Waals surface area contributed by atoms with Crippen molar-refractivity contribution in [3.8, 4) is 5.75 Å². The Bertz CT molecular complexity index is 651. The van der Waals surface area contributed by atoms with Crippen LogP contribution >= 0.6 is 0 Å². The molecule has 1 saturated carbocycles. The van der Waals surface area contributed by atoms with E-state index in [1.807, 2.05) is 36.0 Å². The maximum absolute atomic E-state index is 12.7. The zero-order valence-corrected chi connectivity index (χ0v) is 12.9. The summed E-state index contributed by atoms with van der Waals surface area (Å²) in [5.74, 6) is 1.62. The van der Waals surface area contributed by atoms with Crippen molar-refractivity contribution >= 4 is 16.7 Å². The molecule has 0 atom stereocenters. The Labute approximate surface area is 125 Å². The number of aromatic nitrogens is 1. The molecule has 0 N–H and O–H groups in total. The van der Waals surface area contributed by atoms with Gasteiger partial charge in [0.1, 0.15) is 5.75 Å². The molecule has 0 saturated heterocycles. The van der Waals surface area contributed by atoms with E-state index in [-0.39, 0.29) is 5.78 Å². The van der Waals surface area contributed by atoms with Crippen LogP contribution in [0.15, 0.2) is 24.4 Å². The lowest BCUT2D eigenvalue weighted by Crippen LogP contribution is -2.12. The van der Waals surface area contributed by atoms with Crippen molar-refractivity contribution in [1.29, 1.82) is 0 Å². The molecule has 0 aliphatic heterocycles. The van der Waals surface area contributed by atoms with Crippen LogP contribution in [-0.4, -0.2) is 17.5 Å². The van der Waals surface area contributed by atoms with Crippen molar-refractivity contribution in [2.24, 2.45) is 13.0 Å². The van der Waals surface area contributed by atoms with Crippen molar-refractivity contribution in [3.63, 3.8) is 0 Å². The van der Waals surface area contributed by atoms with Gasteiger partial charge in [-0.25, -0.2) is 0 Å². The van der Waals surface area contributed by atoms with Gasteiger partial charge in [-0.3, -0.25) is 4.79 Å². The van der Waals surface area contributed by atoms with Crippen LogP contribution in [-0.2, 0) is 7.05 Å². The van der Waals surface area contributed by atoms with Crippen LogP contribution in [0.2, 0.25) is 0 Å². The molecule has 1 aliphatic carbocycles. The summed E-state index contributed by atoms with van der Waals surface area (Å²) in [6.07, 6.45) is 8.91. The fourth-order valence-electron chi connectivity index (χ4n) is 3.56. The number of ketones is 1. The van der Waals surface area contributed by atoms with Gasteiger partial charge in [0.2, 0.25) is 0 Å². The zero-order valence-electron chi connectivity index (χ0n) is 12.9. The van der Waals surface area contributed by atoms with E-state index in [0.29, 0.717) is 12.3 Å². The summed E-state index contributed by atoms with van der Waals surface area (Å²) in [7, 11) is 3.65. The maximum Gasteiger partial charge on any atom is 0.165 e. The van der Waals surface area contributed by atoms with Gasteiger partial charge in [-0.15, -0.1) is 0 Å². The molecular formula is C18H23NO2. The Morgan fingerprint density at radius 3 is 2.76 bits per heavy atom. The van der Waals surface area contributed by atoms with Crippen LogP contribution in [0.1, 0.15) is 48.9 Å². The first-order chi connectivity index (χ1) is 10.2. The Balaban J connectivity index is 1.93. The van der Waals surface area contributed by atoms with Crippen molar-refractivity contribution in [2.45, 2.75) is 38.5 Å². The lowest BCUT2D eigenvalue weighted by molar-refractivity contribution is 0.0951. The third kappa shape index (κ3) is 2.69. The lowest BCUT2D eigenvalue weighted by Gasteiger charge is -2.20. The highest BCUT2D eigenvalue weighted by Gasteiger charge is 2.22. The van der Waals surface area contributed by atoms with Crippen LogP contribution in [0.3, 0.4) is 0 Å². The van der Waals surface area contributed by atoms with E-state index in [2.05, 4.69) is 0 Å². The molecule has 0 radical (unpaired) electrons. The molecule has 0 bridgehead atoms. The Hall–Kier alpha value is -1.77. The summed E-state index contributed by atoms with van der Waals surface area (Å²) >= 11 is 0. The summed E-state index contributed by atoms with van der Waals surface area (Å²) in [6, 6.07) is 5.94. The minimum Gasteiger partial charge on any atom is -0.496 e. The number of hydrogen-bond donors (Lipinski definition) is 0. The SMILES string of the molecule is COc1cccc2c1c(C(=O)CC1CCCCC1)cn2C. The first-order valence-electron chi connectivity index (χ1n) is 7.86. The number of nitrogens with zero attached hydrogens (tertiary/aromatic N) is 1. The summed E-state index contributed by atoms with van der Waals surface area (Å²) in [4.78, 5) is 12.7. The smallest absolute Gasteiger partial charge is 0.165 e. The number of carbonyl (C=O) groups excluding carboxylic acids is 1. The molecule has 0 spiro atoms. The lowest BCUT2D eigenvalue weighted by atomic mass is 9.85. The van der Waals surface area contributed by atoms with Crippen LogP contribution < -0.4 is 4.74 Å². The third-order valence-corrected chi connectivity index (χ3v) is 4.70. The molecule has 1 fully saturated rings. The largest absolute Gasteiger partial charge is 0.496 e. The quantitative estimate of drug-likeness (QED) is 0.782. The molecule has 2 aromatic rings. The molecule has 1 aromatic heterocycles. The summed E-state index contributed by atoms with van der Waals surface area (Å²) in [5, 5.41) is 0.961. The summed E-state index contributed by atoms with van der Waals surface area (Å²) in [5.41, 5.74) is 1.87. The number of ether oxygens (including phenoxy) is 1. The van der Waals surface area contributed by atoms with Gasteiger partial charge in [-0.2, -0.15) is 0 Å². The Morgan fingerprint density at radius 1 is 1.29 bits per heavy atom. The fraction of sp³-hybridized carbons (Fsp3) is 0.500. The van der Waals surface area contributed by atoms with Gasteiger partial charge in [0, 0.05) is 25.2 Å². The normalized spacial score (nSPS) is 16.3. The predicted octanol–water partition coefficient (Wildman–Crippen LogP) is 4.34. The van der Waals surface area contributed by atoms with Crippen LogP contribution in [0.5, 0.6) is 5.75 Å². The zero-order chi connectivity index (χ0) is 14.8. The van der Waals surface area contributed by atoms with Crippen LogP contribution in [0.25, 0.3) is 10.9 Å². The second kappa shape index (κ2) is 5.92. The second-order valence-electron chi connectivity index (χ2n) is 6.14. The average molecular weight is 285 g/mol. The second-order valence-corrected chi connectivity index (χ2v) is 6.14. The molecule has 3 nitrogen and oxygen atoms in total. The molecule has 112 valence electrons. The number of carbonyl (C=O) groups is 1. The number of fused-ring (bicyclic) bond motifs is 1. The number of methoxy groups -OCH3 is 1. The maximum atomic E-state index is 12.7. The predicted molar refractivity (Wildman–Crippen MR) is 85.0 cm³/mol. The van der Waals surface area contributed by atoms with Gasteiger partial charge >= 0.3 is 0 Å². The summed E-state index contributed by atoms with van der Waals surface area (Å²) in [6.45, 7) is 0. The molecule has 3 rings (SSSR count). The van der Waals surface area contributed by atoms with Gasteiger partial charge in [0.25, 0.3) is 0 Å². The van der Waals surface area contributed by atoms with Crippen molar-refractivity contribution in [3.05, 3.63) is 30.0 Å². The molecule has 3 heteroatoms. The van der Waals surface area contributed by atoms with E-state index in [1.54, 1.807) is 7.11 Å².